The molecule has 0 unspecified atom stereocenters. The Morgan fingerprint density at radius 2 is 1.86 bits per heavy atom. The molecule has 1 aliphatic rings. The summed E-state index contributed by atoms with van der Waals surface area (Å²) in [7, 11) is 0. The van der Waals surface area contributed by atoms with Crippen LogP contribution in [0.4, 0.5) is 18.9 Å². The van der Waals surface area contributed by atoms with Crippen molar-refractivity contribution < 1.29 is 17.9 Å². The molecule has 2 nitrogen and oxygen atoms in total. The fraction of sp³-hybridized carbons (Fsp3) is 0.250. The molecule has 0 fully saturated rings. The van der Waals surface area contributed by atoms with Gasteiger partial charge in [-0.05, 0) is 42.3 Å². The van der Waals surface area contributed by atoms with E-state index >= 15 is 0 Å². The highest BCUT2D eigenvalue weighted by Gasteiger charge is 2.30. The molecule has 0 bridgehead atoms. The van der Waals surface area contributed by atoms with E-state index in [4.69, 9.17) is 4.74 Å². The first-order valence-corrected chi connectivity index (χ1v) is 7.56. The minimum atomic E-state index is -4.29. The van der Waals surface area contributed by atoms with Crippen molar-refractivity contribution in [2.75, 3.05) is 11.9 Å². The summed E-state index contributed by atoms with van der Waals surface area (Å²) in [4.78, 5) is 0. The fourth-order valence-electron chi connectivity index (χ4n) is 2.41. The Labute approximate surface area is 134 Å². The van der Waals surface area contributed by atoms with E-state index in [-0.39, 0.29) is 6.04 Å². The maximum atomic E-state index is 12.5. The van der Waals surface area contributed by atoms with Crippen molar-refractivity contribution in [3.8, 4) is 5.75 Å². The number of nitrogens with one attached hydrogen (secondary N) is 1. The van der Waals surface area contributed by atoms with Gasteiger partial charge in [0.05, 0.1) is 17.3 Å². The van der Waals surface area contributed by atoms with E-state index in [1.807, 2.05) is 18.2 Å². The lowest BCUT2D eigenvalue weighted by Crippen LogP contribution is -2.33. The summed E-state index contributed by atoms with van der Waals surface area (Å²) in [6, 6.07) is 11.0. The molecule has 0 aromatic heterocycles. The molecular formula is C16H13BrF3NO. The Hall–Kier alpha value is -1.69. The molecule has 0 radical (unpaired) electrons. The molecule has 1 atom stereocenters. The molecule has 22 heavy (non-hydrogen) atoms. The third-order valence-corrected chi connectivity index (χ3v) is 4.00. The summed E-state index contributed by atoms with van der Waals surface area (Å²) in [5.74, 6) is 0.776. The van der Waals surface area contributed by atoms with Gasteiger partial charge >= 0.3 is 6.18 Å². The Bertz CT molecular complexity index is 670. The van der Waals surface area contributed by atoms with E-state index in [1.54, 1.807) is 0 Å². The summed E-state index contributed by atoms with van der Waals surface area (Å²) >= 11 is 3.38. The van der Waals surface area contributed by atoms with Crippen LogP contribution in [0.25, 0.3) is 0 Å². The molecule has 0 saturated carbocycles. The second-order valence-electron chi connectivity index (χ2n) is 5.19. The van der Waals surface area contributed by atoms with Gasteiger partial charge in [0, 0.05) is 4.47 Å². The summed E-state index contributed by atoms with van der Waals surface area (Å²) in [6.07, 6.45) is -3.69. The zero-order chi connectivity index (χ0) is 15.7. The monoisotopic (exact) mass is 371 g/mol. The zero-order valence-electron chi connectivity index (χ0n) is 11.5. The van der Waals surface area contributed by atoms with Crippen LogP contribution in [0.2, 0.25) is 0 Å². The van der Waals surface area contributed by atoms with E-state index in [9.17, 15) is 13.2 Å². The molecular weight excluding hydrogens is 359 g/mol. The molecule has 3 rings (SSSR count). The smallest absolute Gasteiger partial charge is 0.416 e. The van der Waals surface area contributed by atoms with Crippen molar-refractivity contribution in [1.29, 1.82) is 0 Å². The van der Waals surface area contributed by atoms with Gasteiger partial charge in [0.15, 0.2) is 0 Å². The van der Waals surface area contributed by atoms with Crippen molar-refractivity contribution in [2.45, 2.75) is 18.6 Å². The average Bonchev–Trinajstić information content (AvgIpc) is 2.47. The predicted molar refractivity (Wildman–Crippen MR) is 82.2 cm³/mol. The van der Waals surface area contributed by atoms with E-state index in [0.29, 0.717) is 13.0 Å². The minimum Gasteiger partial charge on any atom is -0.489 e. The predicted octanol–water partition coefficient (Wildman–Crippen LogP) is 4.88. The number of ether oxygens (including phenoxy) is 1. The van der Waals surface area contributed by atoms with E-state index in [2.05, 4.69) is 21.2 Å². The number of fused-ring (bicyclic) bond motifs is 1. The van der Waals surface area contributed by atoms with Gasteiger partial charge < -0.3 is 10.1 Å². The van der Waals surface area contributed by atoms with E-state index < -0.39 is 11.7 Å². The third-order valence-electron chi connectivity index (χ3n) is 3.51. The maximum absolute atomic E-state index is 12.5. The van der Waals surface area contributed by atoms with Crippen molar-refractivity contribution in [1.82, 2.24) is 0 Å². The van der Waals surface area contributed by atoms with Gasteiger partial charge in [0.25, 0.3) is 0 Å². The van der Waals surface area contributed by atoms with Gasteiger partial charge in [0.2, 0.25) is 0 Å². The lowest BCUT2D eigenvalue weighted by molar-refractivity contribution is -0.137. The van der Waals surface area contributed by atoms with Crippen LogP contribution >= 0.6 is 15.9 Å². The van der Waals surface area contributed by atoms with Crippen LogP contribution in [-0.2, 0) is 12.6 Å². The number of benzene rings is 2. The second kappa shape index (κ2) is 5.83. The maximum Gasteiger partial charge on any atom is 0.416 e. The van der Waals surface area contributed by atoms with E-state index in [0.717, 1.165) is 33.6 Å². The Balaban J connectivity index is 1.68. The zero-order valence-corrected chi connectivity index (χ0v) is 13.0. The fourth-order valence-corrected chi connectivity index (χ4v) is 2.75. The molecule has 116 valence electrons. The minimum absolute atomic E-state index is 0.0328. The molecule has 0 saturated heterocycles. The molecule has 1 N–H and O–H groups in total. The Morgan fingerprint density at radius 1 is 1.14 bits per heavy atom. The number of anilines is 1. The van der Waals surface area contributed by atoms with Crippen molar-refractivity contribution in [2.24, 2.45) is 0 Å². The second-order valence-corrected chi connectivity index (χ2v) is 6.11. The van der Waals surface area contributed by atoms with Gasteiger partial charge in [-0.15, -0.1) is 0 Å². The highest BCUT2D eigenvalue weighted by Crippen LogP contribution is 2.33. The summed E-state index contributed by atoms with van der Waals surface area (Å²) in [5, 5.41) is 3.35. The van der Waals surface area contributed by atoms with Crippen LogP contribution in [0.15, 0.2) is 46.9 Å². The lowest BCUT2D eigenvalue weighted by atomic mass is 10.0. The molecule has 1 aliphatic heterocycles. The third kappa shape index (κ3) is 3.38. The highest BCUT2D eigenvalue weighted by atomic mass is 79.9. The Kier molecular flexibility index (Phi) is 4.04. The first-order chi connectivity index (χ1) is 10.4. The van der Waals surface area contributed by atoms with Crippen LogP contribution in [0.1, 0.15) is 11.1 Å². The highest BCUT2D eigenvalue weighted by molar-refractivity contribution is 9.10. The first kappa shape index (κ1) is 15.2. The normalized spacial score (nSPS) is 17.4. The molecule has 1 heterocycles. The largest absolute Gasteiger partial charge is 0.489 e. The SMILES string of the molecule is FC(F)(F)c1ccc(C[C@@H]2COc3cc(Br)ccc3N2)cc1. The van der Waals surface area contributed by atoms with Crippen molar-refractivity contribution >= 4 is 21.6 Å². The lowest BCUT2D eigenvalue weighted by Gasteiger charge is -2.27. The summed E-state index contributed by atoms with van der Waals surface area (Å²) in [6.45, 7) is 0.477. The number of halogens is 4. The van der Waals surface area contributed by atoms with Crippen molar-refractivity contribution in [3.05, 3.63) is 58.1 Å². The van der Waals surface area contributed by atoms with Crippen LogP contribution in [-0.4, -0.2) is 12.6 Å². The molecule has 2 aromatic rings. The van der Waals surface area contributed by atoms with Crippen LogP contribution in [0.5, 0.6) is 5.75 Å². The van der Waals surface area contributed by atoms with Crippen LogP contribution in [0, 0.1) is 0 Å². The van der Waals surface area contributed by atoms with Gasteiger partial charge in [-0.2, -0.15) is 13.2 Å². The van der Waals surface area contributed by atoms with Gasteiger partial charge in [-0.1, -0.05) is 28.1 Å². The molecule has 0 spiro atoms. The molecule has 0 aliphatic carbocycles. The topological polar surface area (TPSA) is 21.3 Å². The Morgan fingerprint density at radius 3 is 2.55 bits per heavy atom. The number of alkyl halides is 3. The molecule has 2 aromatic carbocycles. The van der Waals surface area contributed by atoms with E-state index in [1.165, 1.54) is 12.1 Å². The molecule has 6 heteroatoms. The van der Waals surface area contributed by atoms with Crippen LogP contribution in [0.3, 0.4) is 0 Å². The van der Waals surface area contributed by atoms with Crippen molar-refractivity contribution in [3.63, 3.8) is 0 Å². The van der Waals surface area contributed by atoms with Crippen LogP contribution < -0.4 is 10.1 Å². The number of hydrogen-bond acceptors (Lipinski definition) is 2. The molecule has 0 amide bonds. The summed E-state index contributed by atoms with van der Waals surface area (Å²) < 4.78 is 44.3. The number of rotatable bonds is 2. The quantitative estimate of drug-likeness (QED) is 0.811. The van der Waals surface area contributed by atoms with Gasteiger partial charge in [-0.25, -0.2) is 0 Å². The van der Waals surface area contributed by atoms with Gasteiger partial charge in [-0.3, -0.25) is 0 Å². The first-order valence-electron chi connectivity index (χ1n) is 6.77. The summed E-state index contributed by atoms with van der Waals surface area (Å²) in [5.41, 5.74) is 1.11. The van der Waals surface area contributed by atoms with Gasteiger partial charge in [0.1, 0.15) is 12.4 Å². The number of hydrogen-bond donors (Lipinski definition) is 1. The standard InChI is InChI=1S/C16H13BrF3NO/c17-12-5-6-14-15(8-12)22-9-13(21-14)7-10-1-3-11(4-2-10)16(18,19)20/h1-6,8,13,21H,7,9H2/t13-/m1/s1. The average molecular weight is 372 g/mol.